The summed E-state index contributed by atoms with van der Waals surface area (Å²) in [6, 6.07) is 15.4. The summed E-state index contributed by atoms with van der Waals surface area (Å²) in [7, 11) is 0. The molecule has 0 aliphatic heterocycles. The zero-order chi connectivity index (χ0) is 21.5. The normalized spacial score (nSPS) is 11.8. The van der Waals surface area contributed by atoms with Crippen LogP contribution in [0.2, 0.25) is 0 Å². The number of anilines is 1. The molecule has 0 radical (unpaired) electrons. The van der Waals surface area contributed by atoms with Gasteiger partial charge in [0, 0.05) is 11.3 Å². The van der Waals surface area contributed by atoms with E-state index < -0.39 is 0 Å². The van der Waals surface area contributed by atoms with Gasteiger partial charge in [-0.25, -0.2) is 4.68 Å². The minimum atomic E-state index is -0.123. The second-order valence-electron chi connectivity index (χ2n) is 6.90. The van der Waals surface area contributed by atoms with Crippen molar-refractivity contribution in [3.05, 3.63) is 54.1 Å². The number of rotatable bonds is 9. The van der Waals surface area contributed by atoms with Gasteiger partial charge in [-0.15, -0.1) is 10.2 Å². The molecule has 0 bridgehead atoms. The second kappa shape index (κ2) is 10.2. The molecule has 0 aliphatic rings. The van der Waals surface area contributed by atoms with Gasteiger partial charge in [-0.3, -0.25) is 4.79 Å². The Morgan fingerprint density at radius 2 is 1.83 bits per heavy atom. The van der Waals surface area contributed by atoms with Crippen LogP contribution in [0.25, 0.3) is 11.4 Å². The molecule has 3 N–H and O–H groups in total. The predicted octanol–water partition coefficient (Wildman–Crippen LogP) is 4.30. The van der Waals surface area contributed by atoms with Crippen molar-refractivity contribution in [2.24, 2.45) is 0 Å². The number of nitrogens with zero attached hydrogens (tertiary/aromatic N) is 3. The Morgan fingerprint density at radius 1 is 1.13 bits per heavy atom. The van der Waals surface area contributed by atoms with Crippen molar-refractivity contribution in [1.82, 2.24) is 14.9 Å². The van der Waals surface area contributed by atoms with Gasteiger partial charge in [0.1, 0.15) is 5.75 Å². The zero-order valence-electron chi connectivity index (χ0n) is 17.5. The molecule has 0 saturated carbocycles. The molecule has 7 nitrogen and oxygen atoms in total. The monoisotopic (exact) mass is 425 g/mol. The van der Waals surface area contributed by atoms with Gasteiger partial charge in [-0.2, -0.15) is 0 Å². The molecule has 1 heterocycles. The van der Waals surface area contributed by atoms with Gasteiger partial charge in [-0.05, 0) is 61.2 Å². The van der Waals surface area contributed by atoms with Gasteiger partial charge in [-0.1, -0.05) is 37.7 Å². The van der Waals surface area contributed by atoms with Crippen molar-refractivity contribution >= 4 is 23.4 Å². The highest BCUT2D eigenvalue weighted by Crippen LogP contribution is 2.24. The summed E-state index contributed by atoms with van der Waals surface area (Å²) in [5, 5.41) is 11.6. The fourth-order valence-electron chi connectivity index (χ4n) is 2.90. The highest BCUT2D eigenvalue weighted by molar-refractivity contribution is 7.99. The Kier molecular flexibility index (Phi) is 7.35. The lowest BCUT2D eigenvalue weighted by molar-refractivity contribution is -0.113. The molecule has 158 valence electrons. The number of nitrogens with one attached hydrogen (secondary N) is 1. The summed E-state index contributed by atoms with van der Waals surface area (Å²) >= 11 is 1.24. The SMILES string of the molecule is CCOc1ccc(-c2nnc(SCC(=O)Nc3ccc([C@H](C)CC)cc3)n2N)cc1. The highest BCUT2D eigenvalue weighted by atomic mass is 32.2. The second-order valence-corrected chi connectivity index (χ2v) is 7.84. The lowest BCUT2D eigenvalue weighted by Gasteiger charge is -2.10. The maximum Gasteiger partial charge on any atom is 0.234 e. The number of thioether (sulfide) groups is 1. The van der Waals surface area contributed by atoms with Crippen molar-refractivity contribution in [3.8, 4) is 17.1 Å². The molecule has 0 fully saturated rings. The van der Waals surface area contributed by atoms with Crippen LogP contribution in [0.5, 0.6) is 5.75 Å². The number of nitrogen functional groups attached to an aromatic ring is 1. The van der Waals surface area contributed by atoms with Crippen molar-refractivity contribution in [2.75, 3.05) is 23.5 Å². The average molecular weight is 426 g/mol. The van der Waals surface area contributed by atoms with Crippen LogP contribution >= 0.6 is 11.8 Å². The molecule has 1 amide bonds. The number of carbonyl (C=O) groups excluding carboxylic acids is 1. The smallest absolute Gasteiger partial charge is 0.234 e. The molecule has 0 spiro atoms. The number of ether oxygens (including phenoxy) is 1. The molecule has 3 rings (SSSR count). The lowest BCUT2D eigenvalue weighted by atomic mass is 9.99. The Hall–Kier alpha value is -3.00. The maximum absolute atomic E-state index is 12.3. The van der Waals surface area contributed by atoms with Gasteiger partial charge >= 0.3 is 0 Å². The van der Waals surface area contributed by atoms with E-state index >= 15 is 0 Å². The topological polar surface area (TPSA) is 95.1 Å². The van der Waals surface area contributed by atoms with Crippen molar-refractivity contribution in [2.45, 2.75) is 38.3 Å². The summed E-state index contributed by atoms with van der Waals surface area (Å²) in [5.41, 5.74) is 2.87. The fourth-order valence-corrected chi connectivity index (χ4v) is 3.55. The average Bonchev–Trinajstić information content (AvgIpc) is 3.13. The first-order chi connectivity index (χ1) is 14.5. The van der Waals surface area contributed by atoms with Crippen molar-refractivity contribution < 1.29 is 9.53 Å². The molecule has 0 saturated heterocycles. The Morgan fingerprint density at radius 3 is 2.47 bits per heavy atom. The van der Waals surface area contributed by atoms with Crippen LogP contribution < -0.4 is 15.9 Å². The van der Waals surface area contributed by atoms with E-state index in [-0.39, 0.29) is 11.7 Å². The van der Waals surface area contributed by atoms with Crippen molar-refractivity contribution in [3.63, 3.8) is 0 Å². The van der Waals surface area contributed by atoms with Gasteiger partial charge in [0.15, 0.2) is 5.82 Å². The minimum Gasteiger partial charge on any atom is -0.494 e. The first-order valence-corrected chi connectivity index (χ1v) is 11.0. The molecule has 3 aromatic rings. The predicted molar refractivity (Wildman–Crippen MR) is 121 cm³/mol. The van der Waals surface area contributed by atoms with Crippen molar-refractivity contribution in [1.29, 1.82) is 0 Å². The number of hydrogen-bond acceptors (Lipinski definition) is 6. The van der Waals surface area contributed by atoms with Crippen LogP contribution in [0.3, 0.4) is 0 Å². The molecule has 0 unspecified atom stereocenters. The standard InChI is InChI=1S/C22H27N5O2S/c1-4-15(3)16-6-10-18(11-7-16)24-20(28)14-30-22-26-25-21(27(22)23)17-8-12-19(13-9-17)29-5-2/h6-13,15H,4-5,14,23H2,1-3H3,(H,24,28)/t15-/m1/s1. The van der Waals surface area contributed by atoms with E-state index in [1.54, 1.807) is 0 Å². The summed E-state index contributed by atoms with van der Waals surface area (Å²) in [4.78, 5) is 12.3. The molecule has 1 aromatic heterocycles. The Labute approximate surface area is 181 Å². The minimum absolute atomic E-state index is 0.123. The Balaban J connectivity index is 1.57. The molecule has 1 atom stereocenters. The van der Waals surface area contributed by atoms with Crippen LogP contribution in [0.4, 0.5) is 5.69 Å². The summed E-state index contributed by atoms with van der Waals surface area (Å²) in [6.07, 6.45) is 1.08. The van der Waals surface area contributed by atoms with E-state index in [9.17, 15) is 4.79 Å². The number of hydrogen-bond donors (Lipinski definition) is 2. The number of nitrogens with two attached hydrogens (primary N) is 1. The first-order valence-electron chi connectivity index (χ1n) is 9.98. The van der Waals surface area contributed by atoms with Crippen LogP contribution in [0, 0.1) is 0 Å². The van der Waals surface area contributed by atoms with Crippen LogP contribution in [0.15, 0.2) is 53.7 Å². The van der Waals surface area contributed by atoms with Gasteiger partial charge in [0.25, 0.3) is 0 Å². The molecule has 30 heavy (non-hydrogen) atoms. The van der Waals surface area contributed by atoms with E-state index in [0.717, 1.165) is 23.4 Å². The summed E-state index contributed by atoms with van der Waals surface area (Å²) in [5.74, 6) is 8.02. The third-order valence-corrected chi connectivity index (χ3v) is 5.74. The Bertz CT molecular complexity index is 970. The van der Waals surface area contributed by atoms with E-state index in [2.05, 4.69) is 41.5 Å². The number of aromatic nitrogens is 3. The summed E-state index contributed by atoms with van der Waals surface area (Å²) in [6.45, 7) is 6.90. The molecular weight excluding hydrogens is 398 g/mol. The molecule has 2 aromatic carbocycles. The number of benzene rings is 2. The van der Waals surface area contributed by atoms with Crippen LogP contribution in [-0.2, 0) is 4.79 Å². The van der Waals surface area contributed by atoms with E-state index in [4.69, 9.17) is 10.6 Å². The third-order valence-electron chi connectivity index (χ3n) is 4.80. The van der Waals surface area contributed by atoms with E-state index in [1.165, 1.54) is 22.0 Å². The molecular formula is C22H27N5O2S. The zero-order valence-corrected chi connectivity index (χ0v) is 18.3. The highest BCUT2D eigenvalue weighted by Gasteiger charge is 2.14. The molecule has 8 heteroatoms. The van der Waals surface area contributed by atoms with Crippen LogP contribution in [0.1, 0.15) is 38.7 Å². The fraction of sp³-hybridized carbons (Fsp3) is 0.318. The molecule has 0 aliphatic carbocycles. The first kappa shape index (κ1) is 21.7. The quantitative estimate of drug-likeness (QED) is 0.392. The van der Waals surface area contributed by atoms with E-state index in [0.29, 0.717) is 23.5 Å². The number of carbonyl (C=O) groups is 1. The van der Waals surface area contributed by atoms with Gasteiger partial charge in [0.05, 0.1) is 12.4 Å². The van der Waals surface area contributed by atoms with Gasteiger partial charge < -0.3 is 15.9 Å². The largest absolute Gasteiger partial charge is 0.494 e. The van der Waals surface area contributed by atoms with Crippen LogP contribution in [-0.4, -0.2) is 33.1 Å². The lowest BCUT2D eigenvalue weighted by Crippen LogP contribution is -2.16. The van der Waals surface area contributed by atoms with E-state index in [1.807, 2.05) is 43.3 Å². The maximum atomic E-state index is 12.3. The number of amides is 1. The van der Waals surface area contributed by atoms with Gasteiger partial charge in [0.2, 0.25) is 11.1 Å². The third kappa shape index (κ3) is 5.33. The summed E-state index contributed by atoms with van der Waals surface area (Å²) < 4.78 is 6.84.